The number of aryl methyl sites for hydroxylation is 1. The lowest BCUT2D eigenvalue weighted by atomic mass is 10.2. The zero-order chi connectivity index (χ0) is 29.8. The second-order valence-electron chi connectivity index (χ2n) is 9.52. The molecular weight excluding hydrogens is 590 g/mol. The second kappa shape index (κ2) is 12.7. The third kappa shape index (κ3) is 6.78. The van der Waals surface area contributed by atoms with E-state index in [0.717, 1.165) is 29.1 Å². The highest BCUT2D eigenvalue weighted by Gasteiger charge is 2.31. The molecular formula is C28H32ClN3O7S2. The molecule has 0 spiro atoms. The third-order valence-electron chi connectivity index (χ3n) is 6.69. The second-order valence-corrected chi connectivity index (χ2v) is 13.7. The molecule has 0 bridgehead atoms. The number of carbonyl (C=O) groups excluding carboxylic acids is 1. The molecule has 41 heavy (non-hydrogen) atoms. The summed E-state index contributed by atoms with van der Waals surface area (Å²) < 4.78 is 67.4. The SMILES string of the molecule is COc1ccc(Cl)cc1N(CC(=O)Nc1ccc(OC)c(S(=O)(=O)N2CCCCC2)c1)S(=O)(=O)c1ccc(C)cc1. The van der Waals surface area contributed by atoms with E-state index in [0.29, 0.717) is 13.1 Å². The van der Waals surface area contributed by atoms with Gasteiger partial charge in [-0.2, -0.15) is 4.31 Å². The van der Waals surface area contributed by atoms with Crippen LogP contribution in [-0.4, -0.2) is 60.9 Å². The molecule has 3 aromatic rings. The Balaban J connectivity index is 1.69. The first-order valence-corrected chi connectivity index (χ1v) is 16.1. The fourth-order valence-electron chi connectivity index (χ4n) is 4.53. The maximum atomic E-state index is 13.8. The van der Waals surface area contributed by atoms with Crippen LogP contribution in [0.5, 0.6) is 11.5 Å². The van der Waals surface area contributed by atoms with Crippen molar-refractivity contribution < 1.29 is 31.1 Å². The zero-order valence-corrected chi connectivity index (χ0v) is 25.4. The van der Waals surface area contributed by atoms with Crippen LogP contribution in [0.25, 0.3) is 0 Å². The van der Waals surface area contributed by atoms with Crippen LogP contribution >= 0.6 is 11.6 Å². The van der Waals surface area contributed by atoms with Crippen molar-refractivity contribution in [1.82, 2.24) is 4.31 Å². The van der Waals surface area contributed by atoms with Gasteiger partial charge in [-0.05, 0) is 68.3 Å². The Morgan fingerprint density at radius 1 is 0.902 bits per heavy atom. The Labute approximate surface area is 245 Å². The number of carbonyl (C=O) groups is 1. The van der Waals surface area contributed by atoms with Gasteiger partial charge in [-0.15, -0.1) is 0 Å². The van der Waals surface area contributed by atoms with Crippen LogP contribution in [0.3, 0.4) is 0 Å². The minimum absolute atomic E-state index is 0.0303. The molecule has 0 saturated carbocycles. The molecule has 1 fully saturated rings. The lowest BCUT2D eigenvalue weighted by Crippen LogP contribution is -2.38. The number of amides is 1. The Morgan fingerprint density at radius 3 is 2.17 bits per heavy atom. The number of sulfonamides is 2. The smallest absolute Gasteiger partial charge is 0.264 e. The van der Waals surface area contributed by atoms with Crippen LogP contribution < -0.4 is 19.1 Å². The summed E-state index contributed by atoms with van der Waals surface area (Å²) in [7, 11) is -5.39. The maximum Gasteiger partial charge on any atom is 0.264 e. The van der Waals surface area contributed by atoms with E-state index in [9.17, 15) is 21.6 Å². The van der Waals surface area contributed by atoms with Gasteiger partial charge in [0.25, 0.3) is 10.0 Å². The molecule has 1 aliphatic rings. The van der Waals surface area contributed by atoms with Crippen LogP contribution in [0.15, 0.2) is 70.5 Å². The molecule has 1 aliphatic heterocycles. The highest BCUT2D eigenvalue weighted by atomic mass is 35.5. The Hall–Kier alpha value is -3.32. The minimum Gasteiger partial charge on any atom is -0.495 e. The molecule has 4 rings (SSSR count). The van der Waals surface area contributed by atoms with Crippen molar-refractivity contribution in [3.63, 3.8) is 0 Å². The van der Waals surface area contributed by atoms with Crippen molar-refractivity contribution >= 4 is 48.9 Å². The molecule has 1 amide bonds. The fraction of sp³-hybridized carbons (Fsp3) is 0.321. The monoisotopic (exact) mass is 621 g/mol. The molecule has 1 saturated heterocycles. The number of nitrogens with zero attached hydrogens (tertiary/aromatic N) is 2. The highest BCUT2D eigenvalue weighted by Crippen LogP contribution is 2.35. The molecule has 0 radical (unpaired) electrons. The van der Waals surface area contributed by atoms with Crippen molar-refractivity contribution in [1.29, 1.82) is 0 Å². The summed E-state index contributed by atoms with van der Waals surface area (Å²) in [5, 5.41) is 2.88. The first kappa shape index (κ1) is 30.6. The van der Waals surface area contributed by atoms with Gasteiger partial charge in [-0.1, -0.05) is 35.7 Å². The molecule has 0 unspecified atom stereocenters. The molecule has 1 N–H and O–H groups in total. The largest absolute Gasteiger partial charge is 0.495 e. The average molecular weight is 622 g/mol. The molecule has 13 heteroatoms. The van der Waals surface area contributed by atoms with Gasteiger partial charge in [0, 0.05) is 23.8 Å². The molecule has 0 aromatic heterocycles. The van der Waals surface area contributed by atoms with Crippen molar-refractivity contribution in [2.45, 2.75) is 36.0 Å². The molecule has 3 aromatic carbocycles. The number of hydrogen-bond acceptors (Lipinski definition) is 7. The van der Waals surface area contributed by atoms with Crippen molar-refractivity contribution in [3.05, 3.63) is 71.2 Å². The number of hydrogen-bond donors (Lipinski definition) is 1. The zero-order valence-electron chi connectivity index (χ0n) is 23.0. The molecule has 0 aliphatic carbocycles. The molecule has 0 atom stereocenters. The number of ether oxygens (including phenoxy) is 2. The van der Waals surface area contributed by atoms with E-state index in [1.807, 2.05) is 6.92 Å². The number of rotatable bonds is 10. The van der Waals surface area contributed by atoms with Gasteiger partial charge in [0.2, 0.25) is 15.9 Å². The number of nitrogens with one attached hydrogen (secondary N) is 1. The average Bonchev–Trinajstić information content (AvgIpc) is 2.96. The summed E-state index contributed by atoms with van der Waals surface area (Å²) >= 11 is 6.20. The summed E-state index contributed by atoms with van der Waals surface area (Å²) in [4.78, 5) is 13.2. The first-order valence-electron chi connectivity index (χ1n) is 12.9. The predicted octanol–water partition coefficient (Wildman–Crippen LogP) is 4.67. The Morgan fingerprint density at radius 2 is 1.54 bits per heavy atom. The number of benzene rings is 3. The summed E-state index contributed by atoms with van der Waals surface area (Å²) in [6.45, 7) is 1.98. The fourth-order valence-corrected chi connectivity index (χ4v) is 7.81. The Kier molecular flexibility index (Phi) is 9.48. The summed E-state index contributed by atoms with van der Waals surface area (Å²) in [6, 6.07) is 14.9. The standard InChI is InChI=1S/C28H32ClN3O7S2/c1-20-7-11-23(12-8-20)40(34,35)32(24-17-21(29)9-13-25(24)38-2)19-28(33)30-22-10-14-26(39-3)27(18-22)41(36,37)31-15-5-4-6-16-31/h7-14,17-18H,4-6,15-16,19H2,1-3H3,(H,30,33). The number of piperidine rings is 1. The summed E-state index contributed by atoms with van der Waals surface area (Å²) in [5.74, 6) is -0.382. The van der Waals surface area contributed by atoms with Crippen molar-refractivity contribution in [2.24, 2.45) is 0 Å². The normalized spacial score (nSPS) is 14.3. The topological polar surface area (TPSA) is 122 Å². The molecule has 220 valence electrons. The first-order chi connectivity index (χ1) is 19.5. The van der Waals surface area contributed by atoms with E-state index in [1.54, 1.807) is 18.2 Å². The summed E-state index contributed by atoms with van der Waals surface area (Å²) in [5.41, 5.74) is 1.10. The van der Waals surface area contributed by atoms with Gasteiger partial charge < -0.3 is 14.8 Å². The Bertz CT molecular complexity index is 1620. The highest BCUT2D eigenvalue weighted by molar-refractivity contribution is 7.93. The van der Waals surface area contributed by atoms with Gasteiger partial charge in [-0.25, -0.2) is 16.8 Å². The van der Waals surface area contributed by atoms with Gasteiger partial charge in [-0.3, -0.25) is 9.10 Å². The van der Waals surface area contributed by atoms with Gasteiger partial charge in [0.05, 0.1) is 24.8 Å². The predicted molar refractivity (Wildman–Crippen MR) is 158 cm³/mol. The van der Waals surface area contributed by atoms with Crippen LogP contribution in [0, 0.1) is 6.92 Å². The quantitative estimate of drug-likeness (QED) is 0.349. The minimum atomic E-state index is -4.25. The lowest BCUT2D eigenvalue weighted by molar-refractivity contribution is -0.114. The molecule has 1 heterocycles. The van der Waals surface area contributed by atoms with E-state index < -0.39 is 32.5 Å². The van der Waals surface area contributed by atoms with Crippen molar-refractivity contribution in [3.8, 4) is 11.5 Å². The van der Waals surface area contributed by atoms with E-state index >= 15 is 0 Å². The van der Waals surface area contributed by atoms with E-state index in [4.69, 9.17) is 21.1 Å². The van der Waals surface area contributed by atoms with E-state index in [2.05, 4.69) is 5.32 Å². The van der Waals surface area contributed by atoms with Crippen LogP contribution in [0.1, 0.15) is 24.8 Å². The maximum absolute atomic E-state index is 13.8. The lowest BCUT2D eigenvalue weighted by Gasteiger charge is -2.27. The van der Waals surface area contributed by atoms with Gasteiger partial charge in [0.1, 0.15) is 22.9 Å². The molecule has 10 nitrogen and oxygen atoms in total. The van der Waals surface area contributed by atoms with Crippen LogP contribution in [-0.2, 0) is 24.8 Å². The van der Waals surface area contributed by atoms with Crippen LogP contribution in [0.2, 0.25) is 5.02 Å². The van der Waals surface area contributed by atoms with Crippen LogP contribution in [0.4, 0.5) is 11.4 Å². The third-order valence-corrected chi connectivity index (χ3v) is 10.6. The van der Waals surface area contributed by atoms with Gasteiger partial charge in [0.15, 0.2) is 0 Å². The number of methoxy groups -OCH3 is 2. The number of anilines is 2. The van der Waals surface area contributed by atoms with Crippen molar-refractivity contribution in [2.75, 3.05) is 43.5 Å². The summed E-state index contributed by atoms with van der Waals surface area (Å²) in [6.07, 6.45) is 2.48. The number of halogens is 1. The van der Waals surface area contributed by atoms with E-state index in [1.165, 1.54) is 61.0 Å². The van der Waals surface area contributed by atoms with E-state index in [-0.39, 0.29) is 37.7 Å². The van der Waals surface area contributed by atoms with Gasteiger partial charge >= 0.3 is 0 Å².